The Bertz CT molecular complexity index is 598. The Balaban J connectivity index is 3.07. The summed E-state index contributed by atoms with van der Waals surface area (Å²) in [4.78, 5) is 10.9. The van der Waals surface area contributed by atoms with E-state index in [-0.39, 0.29) is 34.6 Å². The Labute approximate surface area is 131 Å². The third-order valence-corrected chi connectivity index (χ3v) is 4.86. The summed E-state index contributed by atoms with van der Waals surface area (Å²) in [6, 6.07) is 3.12. The van der Waals surface area contributed by atoms with Gasteiger partial charge in [0.1, 0.15) is 0 Å². The van der Waals surface area contributed by atoms with Gasteiger partial charge in [-0.15, -0.1) is 0 Å². The van der Waals surface area contributed by atoms with Crippen molar-refractivity contribution in [1.82, 2.24) is 4.72 Å². The molecule has 1 atom stereocenters. The number of hydrogen-bond donors (Lipinski definition) is 3. The Morgan fingerprint density at radius 1 is 1.48 bits per heavy atom. The van der Waals surface area contributed by atoms with Crippen LogP contribution in [0.2, 0.25) is 0 Å². The minimum Gasteiger partial charge on any atom is -0.478 e. The van der Waals surface area contributed by atoms with Crippen molar-refractivity contribution >= 4 is 31.9 Å². The second-order valence-corrected chi connectivity index (χ2v) is 6.80. The molecule has 7 nitrogen and oxygen atoms in total. The summed E-state index contributed by atoms with van der Waals surface area (Å²) in [6.07, 6.45) is 0.190. The van der Waals surface area contributed by atoms with E-state index in [1.54, 1.807) is 0 Å². The first kappa shape index (κ1) is 18.1. The van der Waals surface area contributed by atoms with Crippen molar-refractivity contribution in [3.8, 4) is 0 Å². The molecule has 1 aromatic rings. The molecular formula is C12H16BrNO6S. The number of carboxylic acids is 1. The molecule has 0 saturated carbocycles. The zero-order chi connectivity index (χ0) is 16.0. The molecule has 0 aliphatic heterocycles. The van der Waals surface area contributed by atoms with Gasteiger partial charge < -0.3 is 14.9 Å². The quantitative estimate of drug-likeness (QED) is 0.614. The van der Waals surface area contributed by atoms with Crippen LogP contribution in [0.15, 0.2) is 27.6 Å². The zero-order valence-corrected chi connectivity index (χ0v) is 13.6. The lowest BCUT2D eigenvalue weighted by atomic mass is 10.2. The largest absolute Gasteiger partial charge is 0.478 e. The molecule has 1 unspecified atom stereocenters. The number of carboxylic acid groups (broad SMARTS) is 1. The molecular weight excluding hydrogens is 366 g/mol. The SMILES string of the molecule is COCC(CCO)NS(=O)(=O)c1ccc(Br)c(C(=O)O)c1. The molecule has 1 aromatic carbocycles. The van der Waals surface area contributed by atoms with Crippen molar-refractivity contribution in [2.45, 2.75) is 17.4 Å². The predicted molar refractivity (Wildman–Crippen MR) is 78.8 cm³/mol. The molecule has 0 heterocycles. The minimum absolute atomic E-state index is 0.0993. The standard InChI is InChI=1S/C12H16BrNO6S/c1-20-7-8(4-5-15)14-21(18,19)9-2-3-11(13)10(6-9)12(16)17/h2-3,6,8,14-15H,4-5,7H2,1H3,(H,16,17). The van der Waals surface area contributed by atoms with Gasteiger partial charge in [0.2, 0.25) is 10.0 Å². The molecule has 0 aromatic heterocycles. The first-order valence-corrected chi connectivity index (χ1v) is 8.24. The fourth-order valence-corrected chi connectivity index (χ4v) is 3.35. The molecule has 0 saturated heterocycles. The van der Waals surface area contributed by atoms with Crippen LogP contribution in [-0.2, 0) is 14.8 Å². The lowest BCUT2D eigenvalue weighted by molar-refractivity contribution is 0.0695. The van der Waals surface area contributed by atoms with Crippen LogP contribution >= 0.6 is 15.9 Å². The summed E-state index contributed by atoms with van der Waals surface area (Å²) in [5, 5.41) is 17.9. The summed E-state index contributed by atoms with van der Waals surface area (Å²) >= 11 is 3.05. The maximum atomic E-state index is 12.2. The third kappa shape index (κ3) is 5.04. The molecule has 118 valence electrons. The number of aromatic carboxylic acids is 1. The summed E-state index contributed by atoms with van der Waals surface area (Å²) < 4.78 is 32.0. The van der Waals surface area contributed by atoms with Gasteiger partial charge in [0.25, 0.3) is 0 Å². The maximum absolute atomic E-state index is 12.2. The Kier molecular flexibility index (Phi) is 6.75. The number of methoxy groups -OCH3 is 1. The zero-order valence-electron chi connectivity index (χ0n) is 11.2. The average molecular weight is 382 g/mol. The van der Waals surface area contributed by atoms with E-state index in [2.05, 4.69) is 20.7 Å². The number of hydrogen-bond acceptors (Lipinski definition) is 5. The number of sulfonamides is 1. The monoisotopic (exact) mass is 381 g/mol. The smallest absolute Gasteiger partial charge is 0.336 e. The fourth-order valence-electron chi connectivity index (χ4n) is 1.66. The number of aliphatic hydroxyl groups excluding tert-OH is 1. The molecule has 1 rings (SSSR count). The molecule has 0 bridgehead atoms. The van der Waals surface area contributed by atoms with E-state index in [1.807, 2.05) is 0 Å². The van der Waals surface area contributed by atoms with Gasteiger partial charge >= 0.3 is 5.97 Å². The van der Waals surface area contributed by atoms with Crippen molar-refractivity contribution in [3.63, 3.8) is 0 Å². The normalized spacial score (nSPS) is 13.1. The van der Waals surface area contributed by atoms with E-state index in [4.69, 9.17) is 14.9 Å². The number of rotatable bonds is 8. The number of halogens is 1. The number of carbonyl (C=O) groups is 1. The summed E-state index contributed by atoms with van der Waals surface area (Å²) in [6.45, 7) is -0.0979. The summed E-state index contributed by atoms with van der Waals surface area (Å²) in [7, 11) is -2.48. The molecule has 9 heteroatoms. The highest BCUT2D eigenvalue weighted by Crippen LogP contribution is 2.21. The molecule has 21 heavy (non-hydrogen) atoms. The predicted octanol–water partition coefficient (Wildman–Crippen LogP) is 0.823. The highest BCUT2D eigenvalue weighted by molar-refractivity contribution is 9.10. The first-order valence-electron chi connectivity index (χ1n) is 5.96. The van der Waals surface area contributed by atoms with Gasteiger partial charge in [0.15, 0.2) is 0 Å². The Morgan fingerprint density at radius 3 is 2.67 bits per heavy atom. The molecule has 0 spiro atoms. The van der Waals surface area contributed by atoms with Crippen LogP contribution in [0.3, 0.4) is 0 Å². The van der Waals surface area contributed by atoms with Gasteiger partial charge in [0.05, 0.1) is 17.1 Å². The van der Waals surface area contributed by atoms with E-state index in [0.29, 0.717) is 0 Å². The number of ether oxygens (including phenoxy) is 1. The molecule has 3 N–H and O–H groups in total. The number of benzene rings is 1. The van der Waals surface area contributed by atoms with Gasteiger partial charge in [-0.25, -0.2) is 17.9 Å². The van der Waals surface area contributed by atoms with Gasteiger partial charge in [0, 0.05) is 24.2 Å². The first-order chi connectivity index (χ1) is 9.81. The van der Waals surface area contributed by atoms with E-state index >= 15 is 0 Å². The summed E-state index contributed by atoms with van der Waals surface area (Å²) in [5.41, 5.74) is -0.150. The van der Waals surface area contributed by atoms with Crippen molar-refractivity contribution in [1.29, 1.82) is 0 Å². The van der Waals surface area contributed by atoms with E-state index in [1.165, 1.54) is 19.2 Å². The Morgan fingerprint density at radius 2 is 2.14 bits per heavy atom. The van der Waals surface area contributed by atoms with Crippen LogP contribution in [0.25, 0.3) is 0 Å². The van der Waals surface area contributed by atoms with Gasteiger partial charge in [-0.3, -0.25) is 0 Å². The number of nitrogens with one attached hydrogen (secondary N) is 1. The van der Waals surface area contributed by atoms with E-state index in [0.717, 1.165) is 6.07 Å². The second-order valence-electron chi connectivity index (χ2n) is 4.23. The average Bonchev–Trinajstić information content (AvgIpc) is 2.38. The van der Waals surface area contributed by atoms with Gasteiger partial charge in [-0.05, 0) is 40.5 Å². The lowest BCUT2D eigenvalue weighted by Crippen LogP contribution is -2.38. The molecule has 0 amide bonds. The van der Waals surface area contributed by atoms with Crippen molar-refractivity contribution in [2.75, 3.05) is 20.3 Å². The minimum atomic E-state index is -3.90. The Hall–Kier alpha value is -1.00. The topological polar surface area (TPSA) is 113 Å². The van der Waals surface area contributed by atoms with Crippen LogP contribution in [-0.4, -0.2) is 51.0 Å². The fraction of sp³-hybridized carbons (Fsp3) is 0.417. The lowest BCUT2D eigenvalue weighted by Gasteiger charge is -2.17. The molecule has 0 aliphatic carbocycles. The van der Waals surface area contributed by atoms with E-state index < -0.39 is 22.0 Å². The maximum Gasteiger partial charge on any atom is 0.336 e. The third-order valence-electron chi connectivity index (χ3n) is 2.65. The molecule has 0 radical (unpaired) electrons. The van der Waals surface area contributed by atoms with Crippen molar-refractivity contribution in [3.05, 3.63) is 28.2 Å². The van der Waals surface area contributed by atoms with Gasteiger partial charge in [-0.1, -0.05) is 0 Å². The van der Waals surface area contributed by atoms with Crippen LogP contribution in [0.4, 0.5) is 0 Å². The summed E-state index contributed by atoms with van der Waals surface area (Å²) in [5.74, 6) is -1.23. The highest BCUT2D eigenvalue weighted by Gasteiger charge is 2.22. The number of aliphatic hydroxyl groups is 1. The van der Waals surface area contributed by atoms with E-state index in [9.17, 15) is 13.2 Å². The molecule has 0 fully saturated rings. The van der Waals surface area contributed by atoms with Crippen molar-refractivity contribution < 1.29 is 28.2 Å². The van der Waals surface area contributed by atoms with Crippen LogP contribution < -0.4 is 4.72 Å². The molecule has 0 aliphatic rings. The van der Waals surface area contributed by atoms with Crippen LogP contribution in [0, 0.1) is 0 Å². The van der Waals surface area contributed by atoms with Crippen molar-refractivity contribution in [2.24, 2.45) is 0 Å². The second kappa shape index (κ2) is 7.85. The highest BCUT2D eigenvalue weighted by atomic mass is 79.9. The van der Waals surface area contributed by atoms with Gasteiger partial charge in [-0.2, -0.15) is 0 Å². The van der Waals surface area contributed by atoms with Crippen LogP contribution in [0.5, 0.6) is 0 Å². The van der Waals surface area contributed by atoms with Crippen LogP contribution in [0.1, 0.15) is 16.8 Å².